The Morgan fingerprint density at radius 2 is 1.93 bits per heavy atom. The van der Waals surface area contributed by atoms with E-state index in [1.807, 2.05) is 20.9 Å². The molecule has 88 valence electrons. The number of carbonyl (C=O) groups excluding carboxylic acids is 1. The lowest BCUT2D eigenvalue weighted by Crippen LogP contribution is -2.46. The van der Waals surface area contributed by atoms with Gasteiger partial charge in [-0.1, -0.05) is 19.3 Å². The van der Waals surface area contributed by atoms with Gasteiger partial charge >= 0.3 is 5.97 Å². The van der Waals surface area contributed by atoms with Gasteiger partial charge in [0.25, 0.3) is 0 Å². The zero-order chi connectivity index (χ0) is 11.3. The molecule has 1 aliphatic carbocycles. The lowest BCUT2D eigenvalue weighted by atomic mass is 9.79. The van der Waals surface area contributed by atoms with E-state index in [-0.39, 0.29) is 17.6 Å². The molecule has 3 nitrogen and oxygen atoms in total. The molecule has 1 aliphatic rings. The molecule has 0 unspecified atom stereocenters. The molecule has 0 aliphatic heterocycles. The van der Waals surface area contributed by atoms with Crippen LogP contribution in [0.2, 0.25) is 0 Å². The van der Waals surface area contributed by atoms with Crippen LogP contribution in [0.5, 0.6) is 0 Å². The van der Waals surface area contributed by atoms with Gasteiger partial charge in [-0.25, -0.2) is 0 Å². The summed E-state index contributed by atoms with van der Waals surface area (Å²) < 4.78 is 5.20. The van der Waals surface area contributed by atoms with E-state index in [2.05, 4.69) is 5.32 Å². The fourth-order valence-electron chi connectivity index (χ4n) is 2.32. The summed E-state index contributed by atoms with van der Waals surface area (Å²) in [6.07, 6.45) is 6.43. The van der Waals surface area contributed by atoms with Gasteiger partial charge in [-0.3, -0.25) is 4.79 Å². The van der Waals surface area contributed by atoms with E-state index >= 15 is 0 Å². The van der Waals surface area contributed by atoms with Gasteiger partial charge in [0.15, 0.2) is 0 Å². The summed E-state index contributed by atoms with van der Waals surface area (Å²) in [5.41, 5.74) is 0.00419. The smallest absolute Gasteiger partial charge is 0.307 e. The fourth-order valence-corrected chi connectivity index (χ4v) is 2.32. The molecule has 0 atom stereocenters. The van der Waals surface area contributed by atoms with Crippen LogP contribution in [0.4, 0.5) is 0 Å². The molecule has 1 rings (SSSR count). The standard InChI is InChI=1S/C12H23NO2/c1-10(2)15-11(14)9-12(13-3)7-5-4-6-8-12/h10,13H,4-9H2,1-3H3. The second-order valence-electron chi connectivity index (χ2n) is 4.81. The van der Waals surface area contributed by atoms with Crippen LogP contribution >= 0.6 is 0 Å². The van der Waals surface area contributed by atoms with Gasteiger partial charge in [0.05, 0.1) is 12.5 Å². The molecule has 0 radical (unpaired) electrons. The Morgan fingerprint density at radius 1 is 1.33 bits per heavy atom. The van der Waals surface area contributed by atoms with Crippen molar-refractivity contribution in [2.75, 3.05) is 7.05 Å². The summed E-state index contributed by atoms with van der Waals surface area (Å²) >= 11 is 0. The molecule has 0 heterocycles. The molecule has 0 aromatic heterocycles. The van der Waals surface area contributed by atoms with Crippen molar-refractivity contribution in [2.24, 2.45) is 0 Å². The van der Waals surface area contributed by atoms with Gasteiger partial charge in [-0.15, -0.1) is 0 Å². The van der Waals surface area contributed by atoms with Gasteiger partial charge < -0.3 is 10.1 Å². The third kappa shape index (κ3) is 3.82. The average Bonchev–Trinajstić information content (AvgIpc) is 2.17. The number of ether oxygens (including phenoxy) is 1. The van der Waals surface area contributed by atoms with E-state index in [1.165, 1.54) is 19.3 Å². The molecule has 0 aromatic carbocycles. The molecular weight excluding hydrogens is 190 g/mol. The van der Waals surface area contributed by atoms with Crippen LogP contribution in [0.1, 0.15) is 52.4 Å². The minimum atomic E-state index is -0.0683. The van der Waals surface area contributed by atoms with Crippen molar-refractivity contribution in [1.82, 2.24) is 5.32 Å². The van der Waals surface area contributed by atoms with Crippen LogP contribution < -0.4 is 5.32 Å². The second kappa shape index (κ2) is 5.50. The van der Waals surface area contributed by atoms with E-state index in [0.29, 0.717) is 6.42 Å². The Morgan fingerprint density at radius 3 is 2.40 bits per heavy atom. The molecule has 0 spiro atoms. The normalized spacial score (nSPS) is 20.3. The van der Waals surface area contributed by atoms with Crippen molar-refractivity contribution in [3.05, 3.63) is 0 Å². The molecule has 1 saturated carbocycles. The van der Waals surface area contributed by atoms with Crippen molar-refractivity contribution in [2.45, 2.75) is 64.0 Å². The zero-order valence-electron chi connectivity index (χ0n) is 10.1. The van der Waals surface area contributed by atoms with E-state index < -0.39 is 0 Å². The maximum Gasteiger partial charge on any atom is 0.307 e. The maximum absolute atomic E-state index is 11.6. The van der Waals surface area contributed by atoms with Gasteiger partial charge in [-0.2, -0.15) is 0 Å². The molecule has 1 fully saturated rings. The Kier molecular flexibility index (Phi) is 4.58. The first-order valence-electron chi connectivity index (χ1n) is 5.96. The third-order valence-corrected chi connectivity index (χ3v) is 3.19. The van der Waals surface area contributed by atoms with Crippen molar-refractivity contribution < 1.29 is 9.53 Å². The quantitative estimate of drug-likeness (QED) is 0.728. The minimum Gasteiger partial charge on any atom is -0.463 e. The van der Waals surface area contributed by atoms with Crippen LogP contribution in [-0.4, -0.2) is 24.7 Å². The lowest BCUT2D eigenvalue weighted by Gasteiger charge is -2.36. The minimum absolute atomic E-state index is 0.00419. The third-order valence-electron chi connectivity index (χ3n) is 3.19. The lowest BCUT2D eigenvalue weighted by molar-refractivity contribution is -0.149. The SMILES string of the molecule is CNC1(CC(=O)OC(C)C)CCCCC1. The van der Waals surface area contributed by atoms with Crippen molar-refractivity contribution in [1.29, 1.82) is 0 Å². The molecule has 0 amide bonds. The van der Waals surface area contributed by atoms with Crippen molar-refractivity contribution in [3.63, 3.8) is 0 Å². The van der Waals surface area contributed by atoms with Crippen LogP contribution in [0, 0.1) is 0 Å². The fraction of sp³-hybridized carbons (Fsp3) is 0.917. The Labute approximate surface area is 92.6 Å². The van der Waals surface area contributed by atoms with E-state index in [0.717, 1.165) is 12.8 Å². The van der Waals surface area contributed by atoms with E-state index in [9.17, 15) is 4.79 Å². The predicted molar refractivity (Wildman–Crippen MR) is 60.7 cm³/mol. The Hall–Kier alpha value is -0.570. The molecule has 15 heavy (non-hydrogen) atoms. The van der Waals surface area contributed by atoms with Crippen molar-refractivity contribution >= 4 is 5.97 Å². The summed E-state index contributed by atoms with van der Waals surface area (Å²) in [6.45, 7) is 3.79. The summed E-state index contributed by atoms with van der Waals surface area (Å²) in [4.78, 5) is 11.6. The summed E-state index contributed by atoms with van der Waals surface area (Å²) in [5, 5.41) is 3.32. The van der Waals surface area contributed by atoms with Gasteiger partial charge in [0, 0.05) is 5.54 Å². The molecule has 0 bridgehead atoms. The monoisotopic (exact) mass is 213 g/mol. The van der Waals surface area contributed by atoms with Crippen LogP contribution in [0.25, 0.3) is 0 Å². The summed E-state index contributed by atoms with van der Waals surface area (Å²) in [7, 11) is 1.95. The number of hydrogen-bond acceptors (Lipinski definition) is 3. The summed E-state index contributed by atoms with van der Waals surface area (Å²) in [6, 6.07) is 0. The van der Waals surface area contributed by atoms with E-state index in [4.69, 9.17) is 4.74 Å². The molecule has 0 saturated heterocycles. The first kappa shape index (κ1) is 12.5. The highest BCUT2D eigenvalue weighted by Crippen LogP contribution is 2.31. The Bertz CT molecular complexity index is 208. The predicted octanol–water partition coefficient (Wildman–Crippen LogP) is 2.25. The molecule has 3 heteroatoms. The number of esters is 1. The van der Waals surface area contributed by atoms with Crippen molar-refractivity contribution in [3.8, 4) is 0 Å². The molecule has 0 aromatic rings. The number of nitrogens with one attached hydrogen (secondary N) is 1. The molecular formula is C12H23NO2. The van der Waals surface area contributed by atoms with Gasteiger partial charge in [0.2, 0.25) is 0 Å². The van der Waals surface area contributed by atoms with Gasteiger partial charge in [0.1, 0.15) is 0 Å². The number of carbonyl (C=O) groups is 1. The second-order valence-corrected chi connectivity index (χ2v) is 4.81. The van der Waals surface area contributed by atoms with Crippen LogP contribution in [0.3, 0.4) is 0 Å². The summed E-state index contributed by atoms with van der Waals surface area (Å²) in [5.74, 6) is -0.0683. The first-order valence-corrected chi connectivity index (χ1v) is 5.96. The highest BCUT2D eigenvalue weighted by atomic mass is 16.5. The van der Waals surface area contributed by atoms with Crippen LogP contribution in [-0.2, 0) is 9.53 Å². The number of hydrogen-bond donors (Lipinski definition) is 1. The maximum atomic E-state index is 11.6. The van der Waals surface area contributed by atoms with Crippen LogP contribution in [0.15, 0.2) is 0 Å². The largest absolute Gasteiger partial charge is 0.463 e. The van der Waals surface area contributed by atoms with Gasteiger partial charge in [-0.05, 0) is 33.7 Å². The molecule has 1 N–H and O–H groups in total. The Balaban J connectivity index is 2.47. The first-order chi connectivity index (χ1) is 7.08. The highest BCUT2D eigenvalue weighted by molar-refractivity contribution is 5.71. The topological polar surface area (TPSA) is 38.3 Å². The average molecular weight is 213 g/mol. The number of rotatable bonds is 4. The zero-order valence-corrected chi connectivity index (χ0v) is 10.1. The van der Waals surface area contributed by atoms with E-state index in [1.54, 1.807) is 0 Å². The highest BCUT2D eigenvalue weighted by Gasteiger charge is 2.33.